The first-order valence-corrected chi connectivity index (χ1v) is 8.60. The summed E-state index contributed by atoms with van der Waals surface area (Å²) in [5.41, 5.74) is 2.00. The van der Waals surface area contributed by atoms with Gasteiger partial charge < -0.3 is 0 Å². The number of thioether (sulfide) groups is 1. The first kappa shape index (κ1) is 14.6. The van der Waals surface area contributed by atoms with E-state index in [0.29, 0.717) is 11.7 Å². The Labute approximate surface area is 129 Å². The van der Waals surface area contributed by atoms with Gasteiger partial charge in [-0.1, -0.05) is 36.8 Å². The SMILES string of the molecule is Cc1ccc(C2C(=O)NC(=O)CC23CCCSC3C)cc1. The molecule has 3 rings (SSSR count). The van der Waals surface area contributed by atoms with Crippen LogP contribution >= 0.6 is 11.8 Å². The van der Waals surface area contributed by atoms with Gasteiger partial charge >= 0.3 is 0 Å². The highest BCUT2D eigenvalue weighted by Gasteiger charge is 2.53. The minimum atomic E-state index is -0.225. The molecule has 3 nitrogen and oxygen atoms in total. The third kappa shape index (κ3) is 2.50. The summed E-state index contributed by atoms with van der Waals surface area (Å²) >= 11 is 1.90. The molecule has 3 unspecified atom stereocenters. The van der Waals surface area contributed by atoms with E-state index in [1.807, 2.05) is 43.0 Å². The Morgan fingerprint density at radius 2 is 1.95 bits per heavy atom. The lowest BCUT2D eigenvalue weighted by Gasteiger charge is -2.49. The van der Waals surface area contributed by atoms with Crippen LogP contribution in [0.25, 0.3) is 0 Å². The largest absolute Gasteiger partial charge is 0.296 e. The average molecular weight is 303 g/mol. The monoisotopic (exact) mass is 303 g/mol. The molecule has 112 valence electrons. The number of aryl methyl sites for hydroxylation is 1. The third-order valence-corrected chi connectivity index (χ3v) is 6.46. The predicted molar refractivity (Wildman–Crippen MR) is 85.3 cm³/mol. The van der Waals surface area contributed by atoms with Crippen molar-refractivity contribution in [3.8, 4) is 0 Å². The van der Waals surface area contributed by atoms with E-state index in [1.165, 1.54) is 5.56 Å². The quantitative estimate of drug-likeness (QED) is 0.811. The molecule has 2 saturated heterocycles. The summed E-state index contributed by atoms with van der Waals surface area (Å²) in [5.74, 6) is 0.681. The minimum Gasteiger partial charge on any atom is -0.296 e. The zero-order valence-corrected chi connectivity index (χ0v) is 13.3. The maximum Gasteiger partial charge on any atom is 0.234 e. The van der Waals surface area contributed by atoms with Crippen molar-refractivity contribution in [2.75, 3.05) is 5.75 Å². The van der Waals surface area contributed by atoms with Crippen LogP contribution < -0.4 is 5.32 Å². The van der Waals surface area contributed by atoms with Gasteiger partial charge in [-0.05, 0) is 31.1 Å². The van der Waals surface area contributed by atoms with Crippen molar-refractivity contribution in [3.63, 3.8) is 0 Å². The first-order chi connectivity index (χ1) is 10.0. The summed E-state index contributed by atoms with van der Waals surface area (Å²) < 4.78 is 0. The van der Waals surface area contributed by atoms with E-state index < -0.39 is 0 Å². The van der Waals surface area contributed by atoms with Gasteiger partial charge in [0.1, 0.15) is 0 Å². The van der Waals surface area contributed by atoms with Gasteiger partial charge in [-0.25, -0.2) is 0 Å². The van der Waals surface area contributed by atoms with Crippen LogP contribution in [0.4, 0.5) is 0 Å². The lowest BCUT2D eigenvalue weighted by Crippen LogP contribution is -2.55. The molecule has 0 bridgehead atoms. The van der Waals surface area contributed by atoms with E-state index in [1.54, 1.807) is 0 Å². The molecule has 21 heavy (non-hydrogen) atoms. The van der Waals surface area contributed by atoms with Gasteiger partial charge in [-0.3, -0.25) is 14.9 Å². The first-order valence-electron chi connectivity index (χ1n) is 7.55. The highest BCUT2D eigenvalue weighted by atomic mass is 32.2. The molecule has 2 amide bonds. The zero-order chi connectivity index (χ0) is 15.0. The van der Waals surface area contributed by atoms with Crippen molar-refractivity contribution >= 4 is 23.6 Å². The van der Waals surface area contributed by atoms with Crippen molar-refractivity contribution in [2.24, 2.45) is 5.41 Å². The number of imide groups is 1. The molecule has 4 heteroatoms. The minimum absolute atomic E-state index is 0.113. The molecule has 0 radical (unpaired) electrons. The lowest BCUT2D eigenvalue weighted by atomic mass is 9.63. The van der Waals surface area contributed by atoms with E-state index in [4.69, 9.17) is 0 Å². The number of piperidine rings is 1. The number of benzene rings is 1. The van der Waals surface area contributed by atoms with Crippen LogP contribution in [0, 0.1) is 12.3 Å². The maximum atomic E-state index is 12.6. The number of hydrogen-bond donors (Lipinski definition) is 1. The second-order valence-electron chi connectivity index (χ2n) is 6.28. The number of rotatable bonds is 1. The van der Waals surface area contributed by atoms with Crippen molar-refractivity contribution < 1.29 is 9.59 Å². The Balaban J connectivity index is 2.06. The number of carbonyl (C=O) groups is 2. The van der Waals surface area contributed by atoms with Gasteiger partial charge in [0.2, 0.25) is 11.8 Å². The van der Waals surface area contributed by atoms with Gasteiger partial charge in [0, 0.05) is 17.1 Å². The fraction of sp³-hybridized carbons (Fsp3) is 0.529. The normalized spacial score (nSPS) is 33.0. The van der Waals surface area contributed by atoms with Crippen LogP contribution in [0.3, 0.4) is 0 Å². The summed E-state index contributed by atoms with van der Waals surface area (Å²) in [6.45, 7) is 4.22. The van der Waals surface area contributed by atoms with E-state index in [-0.39, 0.29) is 23.1 Å². The molecule has 1 spiro atoms. The molecule has 2 aliphatic heterocycles. The second kappa shape index (κ2) is 5.48. The number of carbonyl (C=O) groups excluding carboxylic acids is 2. The summed E-state index contributed by atoms with van der Waals surface area (Å²) in [5, 5.41) is 2.87. The van der Waals surface area contributed by atoms with Crippen LogP contribution in [0.5, 0.6) is 0 Å². The summed E-state index contributed by atoms with van der Waals surface area (Å²) in [6.07, 6.45) is 2.50. The highest BCUT2D eigenvalue weighted by molar-refractivity contribution is 7.99. The van der Waals surface area contributed by atoms with Gasteiger partial charge in [-0.15, -0.1) is 0 Å². The molecule has 1 N–H and O–H groups in total. The van der Waals surface area contributed by atoms with Crippen LogP contribution in [0.1, 0.15) is 43.2 Å². The van der Waals surface area contributed by atoms with Crippen LogP contribution in [-0.2, 0) is 9.59 Å². The van der Waals surface area contributed by atoms with Crippen molar-refractivity contribution in [3.05, 3.63) is 35.4 Å². The van der Waals surface area contributed by atoms with Gasteiger partial charge in [0.15, 0.2) is 0 Å². The zero-order valence-electron chi connectivity index (χ0n) is 12.5. The van der Waals surface area contributed by atoms with E-state index >= 15 is 0 Å². The Hall–Kier alpha value is -1.29. The average Bonchev–Trinajstić information content (AvgIpc) is 2.43. The Morgan fingerprint density at radius 3 is 2.62 bits per heavy atom. The molecule has 3 atom stereocenters. The van der Waals surface area contributed by atoms with Crippen molar-refractivity contribution in [1.82, 2.24) is 5.32 Å². The third-order valence-electron chi connectivity index (χ3n) is 4.96. The molecule has 1 aromatic carbocycles. The highest BCUT2D eigenvalue weighted by Crippen LogP contribution is 2.54. The molecule has 2 fully saturated rings. The fourth-order valence-corrected chi connectivity index (χ4v) is 5.13. The maximum absolute atomic E-state index is 12.6. The Kier molecular flexibility index (Phi) is 3.82. The topological polar surface area (TPSA) is 46.2 Å². The molecule has 2 heterocycles. The van der Waals surface area contributed by atoms with E-state index in [0.717, 1.165) is 24.2 Å². The van der Waals surface area contributed by atoms with Gasteiger partial charge in [-0.2, -0.15) is 11.8 Å². The Morgan fingerprint density at radius 1 is 1.24 bits per heavy atom. The van der Waals surface area contributed by atoms with Crippen molar-refractivity contribution in [1.29, 1.82) is 0 Å². The van der Waals surface area contributed by atoms with Crippen molar-refractivity contribution in [2.45, 2.75) is 44.3 Å². The smallest absolute Gasteiger partial charge is 0.234 e. The predicted octanol–water partition coefficient (Wildman–Crippen LogP) is 3.03. The number of nitrogens with one attached hydrogen (secondary N) is 1. The second-order valence-corrected chi connectivity index (χ2v) is 7.73. The van der Waals surface area contributed by atoms with Crippen LogP contribution in [-0.4, -0.2) is 22.8 Å². The van der Waals surface area contributed by atoms with Crippen LogP contribution in [0.2, 0.25) is 0 Å². The molecule has 1 aromatic rings. The molecule has 0 saturated carbocycles. The fourth-order valence-electron chi connectivity index (χ4n) is 3.80. The summed E-state index contributed by atoms with van der Waals surface area (Å²) in [7, 11) is 0. The molecule has 2 aliphatic rings. The standard InChI is InChI=1S/C17H21NO2S/c1-11-4-6-13(7-5-11)15-16(20)18-14(19)10-17(15)8-3-9-21-12(17)2/h4-7,12,15H,3,8-10H2,1-2H3,(H,18,19,20). The molecular weight excluding hydrogens is 282 g/mol. The molecule has 0 aliphatic carbocycles. The molecule has 0 aromatic heterocycles. The lowest BCUT2D eigenvalue weighted by molar-refractivity contribution is -0.140. The Bertz CT molecular complexity index is 569. The van der Waals surface area contributed by atoms with Gasteiger partial charge in [0.25, 0.3) is 0 Å². The van der Waals surface area contributed by atoms with Gasteiger partial charge in [0.05, 0.1) is 5.92 Å². The van der Waals surface area contributed by atoms with Crippen LogP contribution in [0.15, 0.2) is 24.3 Å². The number of amides is 2. The molecular formula is C17H21NO2S. The van der Waals surface area contributed by atoms with E-state index in [9.17, 15) is 9.59 Å². The van der Waals surface area contributed by atoms with E-state index in [2.05, 4.69) is 12.2 Å². The summed E-state index contributed by atoms with van der Waals surface area (Å²) in [6, 6.07) is 8.19. The number of hydrogen-bond acceptors (Lipinski definition) is 3. The summed E-state index contributed by atoms with van der Waals surface area (Å²) in [4.78, 5) is 24.6.